The van der Waals surface area contributed by atoms with E-state index in [2.05, 4.69) is 14.7 Å². The SMILES string of the molecule is COc1cccc(/C=C/c2[nH]c(=S)[nH]c(=O)c2C#N)c1OCC(=O)NS(C)=O. The molecule has 0 aliphatic carbocycles. The molecule has 1 aromatic heterocycles. The number of carbonyl (C=O) groups is 1. The average molecular weight is 420 g/mol. The van der Waals surface area contributed by atoms with E-state index in [9.17, 15) is 13.8 Å². The summed E-state index contributed by atoms with van der Waals surface area (Å²) in [7, 11) is -0.0615. The zero-order chi connectivity index (χ0) is 20.7. The molecule has 0 radical (unpaired) electrons. The number of carbonyl (C=O) groups excluding carboxylic acids is 1. The molecule has 2 rings (SSSR count). The summed E-state index contributed by atoms with van der Waals surface area (Å²) in [6.07, 6.45) is 4.40. The molecule has 11 heteroatoms. The fraction of sp³-hybridized carbons (Fsp3) is 0.176. The van der Waals surface area contributed by atoms with Crippen molar-refractivity contribution in [3.05, 3.63) is 50.1 Å². The van der Waals surface area contributed by atoms with Crippen molar-refractivity contribution in [1.82, 2.24) is 14.7 Å². The van der Waals surface area contributed by atoms with Crippen LogP contribution in [0.5, 0.6) is 11.5 Å². The summed E-state index contributed by atoms with van der Waals surface area (Å²) in [4.78, 5) is 28.6. The molecule has 0 bridgehead atoms. The van der Waals surface area contributed by atoms with Crippen molar-refractivity contribution in [2.24, 2.45) is 0 Å². The standard InChI is InChI=1S/C17H16N4O5S2/c1-25-13-5-3-4-10(15(13)26-9-14(22)21-28(2)24)6-7-12-11(8-18)16(23)20-17(27)19-12/h3-7H,9H2,1-2H3,(H,21,22)(H2,19,20,23,27)/b7-6+. The molecular weight excluding hydrogens is 404 g/mol. The Bertz CT molecular complexity index is 1100. The zero-order valence-electron chi connectivity index (χ0n) is 14.9. The highest BCUT2D eigenvalue weighted by molar-refractivity contribution is 7.82. The van der Waals surface area contributed by atoms with E-state index in [1.165, 1.54) is 19.4 Å². The van der Waals surface area contributed by atoms with E-state index in [0.717, 1.165) is 0 Å². The summed E-state index contributed by atoms with van der Waals surface area (Å²) in [5.74, 6) is 0.0688. The molecule has 0 saturated carbocycles. The van der Waals surface area contributed by atoms with Crippen LogP contribution < -0.4 is 19.8 Å². The van der Waals surface area contributed by atoms with Gasteiger partial charge >= 0.3 is 0 Å². The molecule has 3 N–H and O–H groups in total. The predicted molar refractivity (Wildman–Crippen MR) is 107 cm³/mol. The number of para-hydroxylation sites is 1. The highest BCUT2D eigenvalue weighted by Crippen LogP contribution is 2.32. The van der Waals surface area contributed by atoms with Crippen LogP contribution in [0.3, 0.4) is 0 Å². The molecule has 9 nitrogen and oxygen atoms in total. The molecule has 0 aliphatic heterocycles. The van der Waals surface area contributed by atoms with Crippen molar-refractivity contribution < 1.29 is 18.5 Å². The van der Waals surface area contributed by atoms with E-state index in [-0.39, 0.29) is 28.4 Å². The molecule has 1 heterocycles. The van der Waals surface area contributed by atoms with Crippen LogP contribution in [0, 0.1) is 16.1 Å². The van der Waals surface area contributed by atoms with Crippen LogP contribution >= 0.6 is 12.2 Å². The molecule has 28 heavy (non-hydrogen) atoms. The molecule has 2 aromatic rings. The Morgan fingerprint density at radius 3 is 2.79 bits per heavy atom. The minimum Gasteiger partial charge on any atom is -0.493 e. The molecule has 0 fully saturated rings. The van der Waals surface area contributed by atoms with Gasteiger partial charge in [-0.25, -0.2) is 4.21 Å². The highest BCUT2D eigenvalue weighted by atomic mass is 32.2. The van der Waals surface area contributed by atoms with Crippen LogP contribution in [-0.4, -0.2) is 40.1 Å². The lowest BCUT2D eigenvalue weighted by molar-refractivity contribution is -0.121. The third-order valence-electron chi connectivity index (χ3n) is 3.35. The maximum absolute atomic E-state index is 11.8. The maximum atomic E-state index is 11.8. The van der Waals surface area contributed by atoms with Crippen molar-refractivity contribution in [3.63, 3.8) is 0 Å². The fourth-order valence-corrected chi connectivity index (χ4v) is 2.80. The van der Waals surface area contributed by atoms with E-state index in [1.54, 1.807) is 24.3 Å². The smallest absolute Gasteiger partial charge is 0.270 e. The normalized spacial score (nSPS) is 11.6. The number of H-pyrrole nitrogens is 2. The molecule has 0 saturated heterocycles. The number of hydrogen-bond acceptors (Lipinski definition) is 7. The molecule has 146 valence electrons. The number of aromatic amines is 2. The topological polar surface area (TPSA) is 137 Å². The van der Waals surface area contributed by atoms with Gasteiger partial charge in [-0.2, -0.15) is 5.26 Å². The number of nitrogens with one attached hydrogen (secondary N) is 3. The second-order valence-electron chi connectivity index (χ2n) is 5.29. The Morgan fingerprint density at radius 1 is 1.39 bits per heavy atom. The quantitative estimate of drug-likeness (QED) is 0.574. The minimum absolute atomic E-state index is 0.0787. The van der Waals surface area contributed by atoms with E-state index in [4.69, 9.17) is 27.0 Å². The van der Waals surface area contributed by atoms with Gasteiger partial charge in [0.2, 0.25) is 0 Å². The summed E-state index contributed by atoms with van der Waals surface area (Å²) in [5, 5.41) is 9.17. The molecule has 1 aromatic carbocycles. The molecule has 1 amide bonds. The van der Waals surface area contributed by atoms with Crippen LogP contribution in [0.15, 0.2) is 23.0 Å². The average Bonchev–Trinajstić information content (AvgIpc) is 2.63. The van der Waals surface area contributed by atoms with Crippen LogP contribution in [0.1, 0.15) is 16.8 Å². The second kappa shape index (κ2) is 9.63. The second-order valence-corrected chi connectivity index (χ2v) is 6.81. The van der Waals surface area contributed by atoms with Gasteiger partial charge in [-0.15, -0.1) is 0 Å². The number of ether oxygens (including phenoxy) is 2. The lowest BCUT2D eigenvalue weighted by Crippen LogP contribution is -2.30. The number of benzene rings is 1. The molecule has 0 spiro atoms. The Morgan fingerprint density at radius 2 is 2.14 bits per heavy atom. The first-order valence-electron chi connectivity index (χ1n) is 7.73. The third kappa shape index (κ3) is 5.38. The summed E-state index contributed by atoms with van der Waals surface area (Å²) in [6.45, 7) is -0.377. The molecule has 1 atom stereocenters. The largest absolute Gasteiger partial charge is 0.493 e. The first kappa shape index (κ1) is 21.1. The van der Waals surface area contributed by atoms with Gasteiger partial charge in [-0.3, -0.25) is 19.3 Å². The van der Waals surface area contributed by atoms with Crippen molar-refractivity contribution in [2.75, 3.05) is 20.0 Å². The first-order valence-corrected chi connectivity index (χ1v) is 9.69. The number of aromatic nitrogens is 2. The number of hydrogen-bond donors (Lipinski definition) is 3. The van der Waals surface area contributed by atoms with Crippen molar-refractivity contribution in [2.45, 2.75) is 0 Å². The van der Waals surface area contributed by atoms with E-state index >= 15 is 0 Å². The summed E-state index contributed by atoms with van der Waals surface area (Å²) < 4.78 is 24.1. The molecule has 0 aliphatic rings. The predicted octanol–water partition coefficient (Wildman–Crippen LogP) is 1.27. The number of methoxy groups -OCH3 is 1. The van der Waals surface area contributed by atoms with Crippen LogP contribution in [0.25, 0.3) is 12.2 Å². The number of nitrogens with zero attached hydrogens (tertiary/aromatic N) is 1. The van der Waals surface area contributed by atoms with Gasteiger partial charge in [0.05, 0.1) is 12.8 Å². The maximum Gasteiger partial charge on any atom is 0.270 e. The Kier molecular flexibility index (Phi) is 7.25. The Hall–Kier alpha value is -3.23. The highest BCUT2D eigenvalue weighted by Gasteiger charge is 2.12. The molecular formula is C17H16N4O5S2. The van der Waals surface area contributed by atoms with Gasteiger partial charge < -0.3 is 14.5 Å². The number of rotatable bonds is 7. The fourth-order valence-electron chi connectivity index (χ4n) is 2.22. The summed E-state index contributed by atoms with van der Waals surface area (Å²) >= 11 is 4.93. The lowest BCUT2D eigenvalue weighted by Gasteiger charge is -2.13. The van der Waals surface area contributed by atoms with E-state index < -0.39 is 22.5 Å². The molecule has 1 unspecified atom stereocenters. The number of amides is 1. The lowest BCUT2D eigenvalue weighted by atomic mass is 10.1. The van der Waals surface area contributed by atoms with Crippen molar-refractivity contribution in [3.8, 4) is 17.6 Å². The zero-order valence-corrected chi connectivity index (χ0v) is 16.5. The van der Waals surface area contributed by atoms with Gasteiger partial charge in [-0.1, -0.05) is 12.1 Å². The van der Waals surface area contributed by atoms with Crippen molar-refractivity contribution >= 4 is 41.3 Å². The minimum atomic E-state index is -1.50. The monoisotopic (exact) mass is 420 g/mol. The van der Waals surface area contributed by atoms with Crippen LogP contribution in [0.4, 0.5) is 0 Å². The van der Waals surface area contributed by atoms with Crippen LogP contribution in [0.2, 0.25) is 0 Å². The van der Waals surface area contributed by atoms with Gasteiger partial charge in [0.25, 0.3) is 11.5 Å². The van der Waals surface area contributed by atoms with E-state index in [1.807, 2.05) is 6.07 Å². The van der Waals surface area contributed by atoms with Gasteiger partial charge in [0.15, 0.2) is 22.9 Å². The van der Waals surface area contributed by atoms with Crippen LogP contribution in [-0.2, 0) is 15.8 Å². The van der Waals surface area contributed by atoms with Gasteiger partial charge in [0, 0.05) is 11.8 Å². The van der Waals surface area contributed by atoms with Crippen molar-refractivity contribution in [1.29, 1.82) is 5.26 Å². The summed E-state index contributed by atoms with van der Waals surface area (Å²) in [5.41, 5.74) is 0.0228. The Labute approximate surface area is 167 Å². The Balaban J connectivity index is 2.39. The first-order chi connectivity index (χ1) is 13.3. The summed E-state index contributed by atoms with van der Waals surface area (Å²) in [6, 6.07) is 6.85. The third-order valence-corrected chi connectivity index (χ3v) is 4.07. The number of nitriles is 1. The van der Waals surface area contributed by atoms with E-state index in [0.29, 0.717) is 11.3 Å². The van der Waals surface area contributed by atoms with Gasteiger partial charge in [0.1, 0.15) is 22.6 Å². The van der Waals surface area contributed by atoms with Gasteiger partial charge in [-0.05, 0) is 30.4 Å².